The molecule has 27 heavy (non-hydrogen) atoms. The zero-order valence-corrected chi connectivity index (χ0v) is 16.0. The Morgan fingerprint density at radius 3 is 2.70 bits per heavy atom. The number of hydrogen-bond donors (Lipinski definition) is 0. The molecular weight excluding hydrogens is 366 g/mol. The van der Waals surface area contributed by atoms with E-state index in [9.17, 15) is 8.42 Å². The van der Waals surface area contributed by atoms with Crippen LogP contribution < -0.4 is 4.74 Å². The number of morpholine rings is 1. The molecule has 1 aliphatic rings. The molecule has 0 spiro atoms. The van der Waals surface area contributed by atoms with Gasteiger partial charge in [0.15, 0.2) is 5.03 Å². The lowest BCUT2D eigenvalue weighted by molar-refractivity contribution is -0.00254. The molecule has 142 valence electrons. The number of aromatic nitrogens is 2. The summed E-state index contributed by atoms with van der Waals surface area (Å²) in [6, 6.07) is 11.9. The van der Waals surface area contributed by atoms with E-state index >= 15 is 0 Å². The van der Waals surface area contributed by atoms with Crippen LogP contribution in [0.3, 0.4) is 0 Å². The van der Waals surface area contributed by atoms with Crippen LogP contribution in [0.5, 0.6) is 5.75 Å². The molecule has 0 aliphatic carbocycles. The van der Waals surface area contributed by atoms with Gasteiger partial charge < -0.3 is 14.0 Å². The Bertz CT molecular complexity index is 1080. The maximum Gasteiger partial charge on any atom is 0.262 e. The van der Waals surface area contributed by atoms with Crippen LogP contribution in [-0.4, -0.2) is 49.1 Å². The predicted octanol–water partition coefficient (Wildman–Crippen LogP) is 2.34. The number of rotatable bonds is 4. The molecule has 2 heterocycles. The molecule has 0 saturated carbocycles. The second kappa shape index (κ2) is 6.95. The van der Waals surface area contributed by atoms with E-state index in [-0.39, 0.29) is 17.7 Å². The molecule has 1 aliphatic heterocycles. The number of ether oxygens (including phenoxy) is 2. The Morgan fingerprint density at radius 2 is 1.96 bits per heavy atom. The van der Waals surface area contributed by atoms with Gasteiger partial charge in [-0.2, -0.15) is 4.31 Å². The van der Waals surface area contributed by atoms with E-state index in [4.69, 9.17) is 9.47 Å². The summed E-state index contributed by atoms with van der Waals surface area (Å²) in [5, 5.41) is 2.18. The smallest absolute Gasteiger partial charge is 0.262 e. The van der Waals surface area contributed by atoms with Crippen LogP contribution in [0.25, 0.3) is 10.8 Å². The van der Waals surface area contributed by atoms with Gasteiger partial charge in [-0.1, -0.05) is 18.2 Å². The summed E-state index contributed by atoms with van der Waals surface area (Å²) in [7, 11) is -0.240. The Kier molecular flexibility index (Phi) is 4.63. The van der Waals surface area contributed by atoms with Crippen molar-refractivity contribution in [3.05, 3.63) is 54.5 Å². The number of fused-ring (bicyclic) bond motifs is 1. The van der Waals surface area contributed by atoms with Crippen molar-refractivity contribution in [3.8, 4) is 5.75 Å². The van der Waals surface area contributed by atoms with Crippen LogP contribution >= 0.6 is 0 Å². The molecule has 0 bridgehead atoms. The van der Waals surface area contributed by atoms with Crippen molar-refractivity contribution in [3.63, 3.8) is 0 Å². The number of aryl methyl sites for hydroxylation is 1. The highest BCUT2D eigenvalue weighted by Crippen LogP contribution is 2.29. The van der Waals surface area contributed by atoms with Crippen LogP contribution in [-0.2, 0) is 21.8 Å². The fraction of sp³-hybridized carbons (Fsp3) is 0.316. The fourth-order valence-electron chi connectivity index (χ4n) is 3.27. The lowest BCUT2D eigenvalue weighted by atomic mass is 10.0. The minimum Gasteiger partial charge on any atom is -0.497 e. The summed E-state index contributed by atoms with van der Waals surface area (Å²) in [5.74, 6) is 0.803. The summed E-state index contributed by atoms with van der Waals surface area (Å²) in [6.07, 6.45) is 2.69. The van der Waals surface area contributed by atoms with Gasteiger partial charge in [0.05, 0.1) is 26.1 Å². The molecule has 2 aromatic carbocycles. The molecule has 1 fully saturated rings. The van der Waals surface area contributed by atoms with Crippen molar-refractivity contribution in [1.29, 1.82) is 0 Å². The van der Waals surface area contributed by atoms with Gasteiger partial charge in [-0.3, -0.25) is 0 Å². The number of nitrogens with zero attached hydrogens (tertiary/aromatic N) is 3. The molecule has 0 unspecified atom stereocenters. The molecule has 8 heteroatoms. The molecule has 4 rings (SSSR count). The highest BCUT2D eigenvalue weighted by atomic mass is 32.2. The number of hydrogen-bond acceptors (Lipinski definition) is 5. The highest BCUT2D eigenvalue weighted by molar-refractivity contribution is 7.89. The summed E-state index contributed by atoms with van der Waals surface area (Å²) >= 11 is 0. The van der Waals surface area contributed by atoms with Crippen molar-refractivity contribution in [1.82, 2.24) is 13.9 Å². The van der Waals surface area contributed by atoms with E-state index in [0.717, 1.165) is 22.1 Å². The second-order valence-electron chi connectivity index (χ2n) is 6.57. The van der Waals surface area contributed by atoms with Crippen molar-refractivity contribution < 1.29 is 17.9 Å². The predicted molar refractivity (Wildman–Crippen MR) is 101 cm³/mol. The maximum atomic E-state index is 12.8. The van der Waals surface area contributed by atoms with Crippen LogP contribution in [0.4, 0.5) is 0 Å². The molecule has 1 atom stereocenters. The summed E-state index contributed by atoms with van der Waals surface area (Å²) in [6.45, 7) is 0.929. The normalized spacial score (nSPS) is 18.7. The maximum absolute atomic E-state index is 12.8. The number of benzene rings is 2. The van der Waals surface area contributed by atoms with Crippen molar-refractivity contribution in [2.24, 2.45) is 7.05 Å². The summed E-state index contributed by atoms with van der Waals surface area (Å²) in [4.78, 5) is 4.00. The minimum atomic E-state index is -3.63. The molecule has 3 aromatic rings. The van der Waals surface area contributed by atoms with E-state index in [0.29, 0.717) is 13.2 Å². The van der Waals surface area contributed by atoms with Crippen molar-refractivity contribution >= 4 is 20.8 Å². The first kappa shape index (κ1) is 18.0. The zero-order valence-electron chi connectivity index (χ0n) is 15.2. The number of imidazole rings is 1. The van der Waals surface area contributed by atoms with Crippen LogP contribution in [0, 0.1) is 0 Å². The van der Waals surface area contributed by atoms with E-state index in [1.54, 1.807) is 18.7 Å². The van der Waals surface area contributed by atoms with Gasteiger partial charge in [0.1, 0.15) is 5.75 Å². The monoisotopic (exact) mass is 387 g/mol. The molecule has 1 aromatic heterocycles. The first-order valence-electron chi connectivity index (χ1n) is 8.65. The fourth-order valence-corrected chi connectivity index (χ4v) is 4.66. The lowest BCUT2D eigenvalue weighted by Crippen LogP contribution is -2.42. The molecule has 0 amide bonds. The third-order valence-electron chi connectivity index (χ3n) is 4.76. The highest BCUT2D eigenvalue weighted by Gasteiger charge is 2.32. The van der Waals surface area contributed by atoms with E-state index in [2.05, 4.69) is 4.98 Å². The van der Waals surface area contributed by atoms with Gasteiger partial charge in [0.25, 0.3) is 10.0 Å². The second-order valence-corrected chi connectivity index (χ2v) is 8.46. The third kappa shape index (κ3) is 3.43. The Balaban J connectivity index is 1.60. The Hall–Kier alpha value is -2.42. The molecule has 0 N–H and O–H groups in total. The quantitative estimate of drug-likeness (QED) is 0.687. The number of sulfonamides is 1. The van der Waals surface area contributed by atoms with Crippen LogP contribution in [0.2, 0.25) is 0 Å². The van der Waals surface area contributed by atoms with E-state index in [1.807, 2.05) is 36.4 Å². The van der Waals surface area contributed by atoms with Gasteiger partial charge in [-0.15, -0.1) is 0 Å². The van der Waals surface area contributed by atoms with Gasteiger partial charge >= 0.3 is 0 Å². The van der Waals surface area contributed by atoms with Gasteiger partial charge in [-0.05, 0) is 34.5 Å². The van der Waals surface area contributed by atoms with Gasteiger partial charge in [0.2, 0.25) is 0 Å². The Labute approximate surface area is 158 Å². The minimum absolute atomic E-state index is 0.0660. The van der Waals surface area contributed by atoms with Gasteiger partial charge in [-0.25, -0.2) is 13.4 Å². The average molecular weight is 387 g/mol. The van der Waals surface area contributed by atoms with E-state index in [1.165, 1.54) is 16.8 Å². The standard InChI is InChI=1S/C19H21N3O4S/c1-21-12-19(20-13-21)27(23,24)22-7-8-26-18(11-22)16-4-3-15-10-17(25-2)6-5-14(15)9-16/h3-6,9-10,12-13,18H,7-8,11H2,1-2H3/t18-/m1/s1. The Morgan fingerprint density at radius 1 is 1.19 bits per heavy atom. The lowest BCUT2D eigenvalue weighted by Gasteiger charge is -2.32. The zero-order chi connectivity index (χ0) is 19.0. The molecule has 1 saturated heterocycles. The van der Waals surface area contributed by atoms with Gasteiger partial charge in [0, 0.05) is 26.3 Å². The third-order valence-corrected chi connectivity index (χ3v) is 6.51. The molecule has 7 nitrogen and oxygen atoms in total. The number of methoxy groups -OCH3 is 1. The first-order valence-corrected chi connectivity index (χ1v) is 10.1. The van der Waals surface area contributed by atoms with Crippen LogP contribution in [0.15, 0.2) is 53.9 Å². The van der Waals surface area contributed by atoms with Crippen molar-refractivity contribution in [2.45, 2.75) is 11.1 Å². The first-order chi connectivity index (χ1) is 13.0. The largest absolute Gasteiger partial charge is 0.497 e. The van der Waals surface area contributed by atoms with Crippen molar-refractivity contribution in [2.75, 3.05) is 26.8 Å². The topological polar surface area (TPSA) is 73.7 Å². The van der Waals surface area contributed by atoms with E-state index < -0.39 is 10.0 Å². The average Bonchev–Trinajstić information content (AvgIpc) is 3.14. The summed E-state index contributed by atoms with van der Waals surface area (Å²) < 4.78 is 39.9. The SMILES string of the molecule is COc1ccc2cc([C@H]3CN(S(=O)(=O)c4cn(C)cn4)CCO3)ccc2c1. The van der Waals surface area contributed by atoms with Crippen LogP contribution in [0.1, 0.15) is 11.7 Å². The molecular formula is C19H21N3O4S. The molecule has 0 radical (unpaired) electrons. The summed E-state index contributed by atoms with van der Waals surface area (Å²) in [5.41, 5.74) is 0.952.